The standard InChI is InChI=1S/C25H35NO2.C23H31NO3.C23H33NO2.C22H31NO.C21H28N2.C20H27NO/c1-18(2)20-11-13-23(22(16-20)19-8-4-3-5-9-19)26-17-21-12-14-25(28-21)24-10-6-7-15-27-24;1-16(2)18-8-10-21(20(14-18)17-6-4-3-5-7-17)24-15-19-9-11-22(27-19)23-25-12-13-26-23;1-4-25-16-21-12-11-20(26-21)15-24-23-13-10-19(17(2)3)14-22(23)18-8-6-5-7-9-18;1-4-19-11-12-20(24-19)15-23-22-13-10-18(16(2)3)14-21(22)17-8-6-5-7-9-17;1-16(2)19-10-11-21(23-15-17-7-6-12-22-14-17)20(13-19)18-8-4-3-5-9-18;1-15(2)18-8-9-20(21-13-16-10-11-22-14-16)19(12-18)17-6-4-3-5-7-17/h11-14,16,18-19,24,26H,3-10,15,17H2,1-2H3;8-11,14,16-17,23-24H,3-7,12-13,15H2,1-2H3;10-14,17-18,24H,4-9,15-16H2,1-3H3;10-14,16-17,23H,4-9,15H2,1-3H3;6-7,10-14,16,18,23H,3-5,8-9,15H2,1-2H3;8-12,14-15,17,21H,3-7,13H2,1-2H3. The largest absolute Gasteiger partial charge is 0.472 e. The fourth-order valence-corrected chi connectivity index (χ4v) is 23.4. The smallest absolute Gasteiger partial charge is 0.217 e. The van der Waals surface area contributed by atoms with E-state index in [0.29, 0.717) is 98.7 Å². The molecule has 16 nitrogen and oxygen atoms in total. The molecule has 12 aromatic rings. The summed E-state index contributed by atoms with van der Waals surface area (Å²) >= 11 is 0. The molecule has 16 heteroatoms. The van der Waals surface area contributed by atoms with Crippen LogP contribution in [0, 0.1) is 0 Å². The van der Waals surface area contributed by atoms with Gasteiger partial charge in [0.25, 0.3) is 0 Å². The van der Waals surface area contributed by atoms with Crippen molar-refractivity contribution in [2.45, 2.75) is 445 Å². The molecule has 0 bridgehead atoms. The van der Waals surface area contributed by atoms with Crippen LogP contribution in [0.15, 0.2) is 223 Å². The maximum absolute atomic E-state index is 6.10. The molecule has 810 valence electrons. The molecule has 2 aliphatic heterocycles. The van der Waals surface area contributed by atoms with Gasteiger partial charge in [-0.3, -0.25) is 4.98 Å². The van der Waals surface area contributed by atoms with Crippen molar-refractivity contribution < 1.29 is 41.0 Å². The summed E-state index contributed by atoms with van der Waals surface area (Å²) in [5, 5.41) is 21.8. The minimum atomic E-state index is -0.345. The number of pyridine rings is 1. The van der Waals surface area contributed by atoms with Gasteiger partial charge in [-0.1, -0.05) is 284 Å². The Morgan fingerprint density at radius 3 is 0.900 bits per heavy atom. The van der Waals surface area contributed by atoms with Crippen LogP contribution in [0.2, 0.25) is 0 Å². The highest BCUT2D eigenvalue weighted by Gasteiger charge is 2.30. The Bertz CT molecular complexity index is 5860. The number of hydrogen-bond acceptors (Lipinski definition) is 16. The summed E-state index contributed by atoms with van der Waals surface area (Å²) in [6.07, 6.45) is 52.1. The molecule has 20 rings (SSSR count). The predicted octanol–water partition coefficient (Wildman–Crippen LogP) is 38.6. The molecular formula is C134H185N7O9. The van der Waals surface area contributed by atoms with Gasteiger partial charge in [-0.25, -0.2) is 0 Å². The van der Waals surface area contributed by atoms with Crippen LogP contribution in [0.25, 0.3) is 0 Å². The van der Waals surface area contributed by atoms with E-state index in [-0.39, 0.29) is 12.4 Å². The maximum Gasteiger partial charge on any atom is 0.217 e. The average Bonchev–Trinajstić information content (AvgIpc) is 1.71. The molecule has 8 fully saturated rings. The first kappa shape index (κ1) is 114. The van der Waals surface area contributed by atoms with Crippen molar-refractivity contribution in [3.05, 3.63) is 325 Å². The molecule has 6 aromatic carbocycles. The minimum Gasteiger partial charge on any atom is -0.472 e. The quantitative estimate of drug-likeness (QED) is 0.0217. The minimum absolute atomic E-state index is 0.144. The number of benzene rings is 6. The summed E-state index contributed by atoms with van der Waals surface area (Å²) < 4.78 is 51.2. The van der Waals surface area contributed by atoms with E-state index in [1.807, 2.05) is 62.0 Å². The van der Waals surface area contributed by atoms with Gasteiger partial charge in [-0.05, 0) is 344 Å². The Morgan fingerprint density at radius 1 is 0.287 bits per heavy atom. The molecule has 0 amide bonds. The number of aromatic nitrogens is 1. The van der Waals surface area contributed by atoms with E-state index in [1.54, 1.807) is 6.26 Å². The van der Waals surface area contributed by atoms with E-state index in [2.05, 4.69) is 266 Å². The van der Waals surface area contributed by atoms with Crippen LogP contribution in [0.3, 0.4) is 0 Å². The van der Waals surface area contributed by atoms with E-state index in [9.17, 15) is 0 Å². The normalized spacial score (nSPS) is 17.4. The first-order valence-corrected chi connectivity index (χ1v) is 59.1. The highest BCUT2D eigenvalue weighted by Crippen LogP contribution is 2.47. The van der Waals surface area contributed by atoms with Crippen molar-refractivity contribution in [2.24, 2.45) is 0 Å². The number of furan rings is 5. The zero-order valence-corrected chi connectivity index (χ0v) is 94.1. The molecule has 6 aromatic heterocycles. The van der Waals surface area contributed by atoms with Gasteiger partial charge in [0.1, 0.15) is 53.0 Å². The zero-order chi connectivity index (χ0) is 105. The molecular weight excluding hydrogens is 1850 g/mol. The van der Waals surface area contributed by atoms with Crippen LogP contribution in [-0.2, 0) is 71.2 Å². The van der Waals surface area contributed by atoms with Gasteiger partial charge in [0.15, 0.2) is 5.76 Å². The van der Waals surface area contributed by atoms with E-state index < -0.39 is 0 Å². The van der Waals surface area contributed by atoms with Crippen LogP contribution < -0.4 is 31.9 Å². The first-order valence-electron chi connectivity index (χ1n) is 59.1. The molecule has 0 radical (unpaired) electrons. The second kappa shape index (κ2) is 59.7. The van der Waals surface area contributed by atoms with Crippen molar-refractivity contribution >= 4 is 34.1 Å². The van der Waals surface area contributed by atoms with Crippen molar-refractivity contribution in [1.29, 1.82) is 0 Å². The Balaban J connectivity index is 0.000000135. The molecule has 6 aliphatic carbocycles. The van der Waals surface area contributed by atoms with Crippen molar-refractivity contribution in [3.63, 3.8) is 0 Å². The van der Waals surface area contributed by atoms with Gasteiger partial charge >= 0.3 is 0 Å². The van der Waals surface area contributed by atoms with Gasteiger partial charge in [-0.15, -0.1) is 0 Å². The molecule has 6 saturated carbocycles. The molecule has 6 N–H and O–H groups in total. The molecule has 150 heavy (non-hydrogen) atoms. The van der Waals surface area contributed by atoms with Crippen LogP contribution in [0.4, 0.5) is 34.1 Å². The van der Waals surface area contributed by atoms with Gasteiger partial charge < -0.3 is 72.9 Å². The Morgan fingerprint density at radius 2 is 0.593 bits per heavy atom. The SMILES string of the molecule is CC(C)c1ccc(NCc2ccc(C3CCCCO3)o2)c(C2CCCCC2)c1.CC(C)c1ccc(NCc2ccc(C3OCCO3)o2)c(C2CCCCC2)c1.CC(C)c1ccc(NCc2cccnc2)c(C2CCCCC2)c1.CC(C)c1ccc(NCc2ccoc2)c(C2CCCCC2)c1.CCOCc1ccc(CNc2ccc(C(C)C)cc2C2CCCCC2)o1.CCc1ccc(CNc2ccc(C(C)C)cc2C2CCCCC2)o1. The van der Waals surface area contributed by atoms with E-state index in [1.165, 1.54) is 317 Å². The summed E-state index contributed by atoms with van der Waals surface area (Å²) in [7, 11) is 0. The second-order valence-corrected chi connectivity index (χ2v) is 45.9. The zero-order valence-electron chi connectivity index (χ0n) is 94.1. The van der Waals surface area contributed by atoms with Crippen molar-refractivity contribution in [1.82, 2.24) is 4.98 Å². The predicted molar refractivity (Wildman–Crippen MR) is 622 cm³/mol. The second-order valence-electron chi connectivity index (χ2n) is 45.9. The first-order chi connectivity index (χ1) is 73.2. The van der Waals surface area contributed by atoms with Crippen LogP contribution >= 0.6 is 0 Å². The molecule has 0 spiro atoms. The topological polar surface area (TPSA) is 188 Å². The third kappa shape index (κ3) is 34.3. The summed E-state index contributed by atoms with van der Waals surface area (Å²) in [5.74, 6) is 15.2. The van der Waals surface area contributed by atoms with E-state index in [4.69, 9.17) is 41.0 Å². The number of nitrogens with one attached hydrogen (secondary N) is 6. The molecule has 1 atom stereocenters. The van der Waals surface area contributed by atoms with Crippen LogP contribution in [0.1, 0.15) is 516 Å². The summed E-state index contributed by atoms with van der Waals surface area (Å²) in [4.78, 5) is 4.21. The lowest BCUT2D eigenvalue weighted by Crippen LogP contribution is -2.11. The number of nitrogens with zero attached hydrogens (tertiary/aromatic N) is 1. The fourth-order valence-electron chi connectivity index (χ4n) is 23.4. The number of anilines is 6. The highest BCUT2D eigenvalue weighted by atomic mass is 16.7. The lowest BCUT2D eigenvalue weighted by Gasteiger charge is -2.26. The van der Waals surface area contributed by atoms with Gasteiger partial charge in [-0.2, -0.15) is 0 Å². The Hall–Kier alpha value is -10.5. The fraction of sp³-hybridized carbons (Fsp3) is 0.545. The average molecular weight is 2040 g/mol. The number of hydrogen-bond donors (Lipinski definition) is 6. The lowest BCUT2D eigenvalue weighted by atomic mass is 9.82. The van der Waals surface area contributed by atoms with Gasteiger partial charge in [0.2, 0.25) is 6.29 Å². The van der Waals surface area contributed by atoms with Gasteiger partial charge in [0, 0.05) is 84.8 Å². The van der Waals surface area contributed by atoms with E-state index >= 15 is 0 Å². The summed E-state index contributed by atoms with van der Waals surface area (Å²) in [6, 6.07) is 64.5. The lowest BCUT2D eigenvalue weighted by molar-refractivity contribution is -0.0593. The Labute approximate surface area is 902 Å². The number of ether oxygens (including phenoxy) is 4. The Kier molecular flexibility index (Phi) is 45.2. The third-order valence-electron chi connectivity index (χ3n) is 32.8. The highest BCUT2D eigenvalue weighted by molar-refractivity contribution is 5.61. The molecule has 2 saturated heterocycles. The monoisotopic (exact) mass is 2040 g/mol. The van der Waals surface area contributed by atoms with Gasteiger partial charge in [0.05, 0.1) is 51.9 Å². The molecule has 1 unspecified atom stereocenters. The number of rotatable bonds is 36. The van der Waals surface area contributed by atoms with Crippen LogP contribution in [-0.4, -0.2) is 31.4 Å². The van der Waals surface area contributed by atoms with E-state index in [0.717, 1.165) is 104 Å². The summed E-state index contributed by atoms with van der Waals surface area (Å²) in [5.41, 5.74) is 27.9. The maximum atomic E-state index is 6.10. The summed E-state index contributed by atoms with van der Waals surface area (Å²) in [6.45, 7) is 39.4. The van der Waals surface area contributed by atoms with Crippen molar-refractivity contribution in [3.8, 4) is 0 Å². The van der Waals surface area contributed by atoms with Crippen molar-refractivity contribution in [2.75, 3.05) is 58.3 Å². The third-order valence-corrected chi connectivity index (χ3v) is 32.8. The molecule has 8 heterocycles. The number of aryl methyl sites for hydroxylation is 1. The molecule has 8 aliphatic rings. The van der Waals surface area contributed by atoms with Crippen LogP contribution in [0.5, 0.6) is 0 Å².